The molecule has 0 aromatic heterocycles. The maximum Gasteiger partial charge on any atom is 0.265 e. The standard InChI is InChI=1S/C25H25N3O5S/c1-16-24(29)27-22-15-20(7-9-23(22)33-16)26-25(30)18-10-12-28(13-11-18)34(31,32)21-8-6-17-4-2-3-5-19(17)14-21/h2-9,14-16,18H,10-13H2,1H3,(H,26,30)(H,27,29)/t16-/m0/s1. The lowest BCUT2D eigenvalue weighted by molar-refractivity contribution is -0.122. The van der Waals surface area contributed by atoms with Crippen molar-refractivity contribution in [2.24, 2.45) is 5.92 Å². The van der Waals surface area contributed by atoms with E-state index < -0.39 is 16.1 Å². The fourth-order valence-corrected chi connectivity index (χ4v) is 5.87. The van der Waals surface area contributed by atoms with Crippen LogP contribution in [-0.4, -0.2) is 43.7 Å². The molecule has 2 amide bonds. The number of carbonyl (C=O) groups is 2. The van der Waals surface area contributed by atoms with Gasteiger partial charge in [-0.05, 0) is 60.9 Å². The van der Waals surface area contributed by atoms with E-state index in [1.54, 1.807) is 37.3 Å². The van der Waals surface area contributed by atoms with Gasteiger partial charge in [-0.15, -0.1) is 0 Å². The quantitative estimate of drug-likeness (QED) is 0.595. The molecule has 1 fully saturated rings. The number of carbonyl (C=O) groups excluding carboxylic acids is 2. The molecule has 2 N–H and O–H groups in total. The van der Waals surface area contributed by atoms with Gasteiger partial charge in [-0.2, -0.15) is 4.31 Å². The van der Waals surface area contributed by atoms with E-state index in [1.165, 1.54) is 4.31 Å². The van der Waals surface area contributed by atoms with Crippen LogP contribution in [0, 0.1) is 5.92 Å². The van der Waals surface area contributed by atoms with Crippen LogP contribution >= 0.6 is 0 Å². The molecular weight excluding hydrogens is 454 g/mol. The average Bonchev–Trinajstić information content (AvgIpc) is 2.84. The molecule has 1 saturated heterocycles. The molecule has 2 aliphatic rings. The number of nitrogens with one attached hydrogen (secondary N) is 2. The van der Waals surface area contributed by atoms with Crippen LogP contribution < -0.4 is 15.4 Å². The number of hydrogen-bond acceptors (Lipinski definition) is 5. The molecule has 3 aromatic rings. The number of fused-ring (bicyclic) bond motifs is 2. The van der Waals surface area contributed by atoms with Crippen LogP contribution in [0.15, 0.2) is 65.6 Å². The molecule has 8 nitrogen and oxygen atoms in total. The van der Waals surface area contributed by atoms with E-state index in [-0.39, 0.29) is 35.7 Å². The fourth-order valence-electron chi connectivity index (χ4n) is 4.37. The van der Waals surface area contributed by atoms with Crippen molar-refractivity contribution >= 4 is 44.0 Å². The van der Waals surface area contributed by atoms with Crippen molar-refractivity contribution in [2.45, 2.75) is 30.8 Å². The Morgan fingerprint density at radius 2 is 1.76 bits per heavy atom. The summed E-state index contributed by atoms with van der Waals surface area (Å²) in [5, 5.41) is 7.50. The third-order valence-electron chi connectivity index (χ3n) is 6.36. The molecule has 9 heteroatoms. The first kappa shape index (κ1) is 22.4. The number of nitrogens with zero attached hydrogens (tertiary/aromatic N) is 1. The lowest BCUT2D eigenvalue weighted by atomic mass is 9.97. The molecule has 2 heterocycles. The predicted molar refractivity (Wildman–Crippen MR) is 129 cm³/mol. The van der Waals surface area contributed by atoms with E-state index in [4.69, 9.17) is 4.74 Å². The third kappa shape index (κ3) is 4.24. The largest absolute Gasteiger partial charge is 0.479 e. The van der Waals surface area contributed by atoms with Crippen LogP contribution in [0.4, 0.5) is 11.4 Å². The Kier molecular flexibility index (Phi) is 5.75. The van der Waals surface area contributed by atoms with Crippen LogP contribution in [0.2, 0.25) is 0 Å². The summed E-state index contributed by atoms with van der Waals surface area (Å²) in [6, 6.07) is 17.9. The molecule has 0 aliphatic carbocycles. The summed E-state index contributed by atoms with van der Waals surface area (Å²) in [6.07, 6.45) is 0.297. The highest BCUT2D eigenvalue weighted by atomic mass is 32.2. The SMILES string of the molecule is C[C@@H]1Oc2ccc(NC(=O)C3CCN(S(=O)(=O)c4ccc5ccccc5c4)CC3)cc2NC1=O. The first-order valence-electron chi connectivity index (χ1n) is 11.2. The summed E-state index contributed by atoms with van der Waals surface area (Å²) < 4.78 is 33.3. The number of ether oxygens (including phenoxy) is 1. The van der Waals surface area contributed by atoms with E-state index in [2.05, 4.69) is 10.6 Å². The molecule has 176 valence electrons. The lowest BCUT2D eigenvalue weighted by Gasteiger charge is -2.30. The Labute approximate surface area is 197 Å². The van der Waals surface area contributed by atoms with Crippen LogP contribution in [0.3, 0.4) is 0 Å². The maximum absolute atomic E-state index is 13.2. The number of piperidine rings is 1. The number of anilines is 2. The number of hydrogen-bond donors (Lipinski definition) is 2. The Bertz CT molecular complexity index is 1380. The van der Waals surface area contributed by atoms with Crippen molar-refractivity contribution in [1.82, 2.24) is 4.31 Å². The summed E-state index contributed by atoms with van der Waals surface area (Å²) in [7, 11) is -3.63. The van der Waals surface area contributed by atoms with Crippen LogP contribution in [0.5, 0.6) is 5.75 Å². The number of benzene rings is 3. The third-order valence-corrected chi connectivity index (χ3v) is 8.26. The second-order valence-corrected chi connectivity index (χ2v) is 10.6. The molecule has 0 bridgehead atoms. The molecule has 1 atom stereocenters. The van der Waals surface area contributed by atoms with Crippen molar-refractivity contribution in [3.63, 3.8) is 0 Å². The van der Waals surface area contributed by atoms with Crippen molar-refractivity contribution in [3.8, 4) is 5.75 Å². The van der Waals surface area contributed by atoms with Gasteiger partial charge in [0, 0.05) is 24.7 Å². The average molecular weight is 480 g/mol. The van der Waals surface area contributed by atoms with E-state index in [9.17, 15) is 18.0 Å². The molecule has 2 aliphatic heterocycles. The summed E-state index contributed by atoms with van der Waals surface area (Å²) in [5.41, 5.74) is 1.06. The fraction of sp³-hybridized carbons (Fsp3) is 0.280. The first-order chi connectivity index (χ1) is 16.3. The molecule has 34 heavy (non-hydrogen) atoms. The van der Waals surface area contributed by atoms with Gasteiger partial charge in [0.15, 0.2) is 6.10 Å². The van der Waals surface area contributed by atoms with Gasteiger partial charge in [0.1, 0.15) is 5.75 Å². The van der Waals surface area contributed by atoms with Crippen LogP contribution in [-0.2, 0) is 19.6 Å². The van der Waals surface area contributed by atoms with Crippen molar-refractivity contribution in [2.75, 3.05) is 23.7 Å². The zero-order valence-corrected chi connectivity index (χ0v) is 19.5. The van der Waals surface area contributed by atoms with Crippen molar-refractivity contribution in [1.29, 1.82) is 0 Å². The topological polar surface area (TPSA) is 105 Å². The highest BCUT2D eigenvalue weighted by molar-refractivity contribution is 7.89. The van der Waals surface area contributed by atoms with Gasteiger partial charge < -0.3 is 15.4 Å². The number of rotatable bonds is 4. The van der Waals surface area contributed by atoms with E-state index in [0.717, 1.165) is 10.8 Å². The van der Waals surface area contributed by atoms with Gasteiger partial charge >= 0.3 is 0 Å². The smallest absolute Gasteiger partial charge is 0.265 e. The molecule has 5 rings (SSSR count). The normalized spacial score (nSPS) is 19.2. The molecule has 0 saturated carbocycles. The Balaban J connectivity index is 1.23. The summed E-state index contributed by atoms with van der Waals surface area (Å²) in [5.74, 6) is -0.155. The zero-order chi connectivity index (χ0) is 23.9. The van der Waals surface area contributed by atoms with Gasteiger partial charge in [-0.25, -0.2) is 8.42 Å². The molecule has 0 spiro atoms. The minimum absolute atomic E-state index is 0.167. The Morgan fingerprint density at radius 3 is 2.53 bits per heavy atom. The Hall–Kier alpha value is -3.43. The molecule has 0 radical (unpaired) electrons. The minimum Gasteiger partial charge on any atom is -0.479 e. The number of sulfonamides is 1. The summed E-state index contributed by atoms with van der Waals surface area (Å²) >= 11 is 0. The van der Waals surface area contributed by atoms with E-state index in [0.29, 0.717) is 30.0 Å². The van der Waals surface area contributed by atoms with E-state index in [1.807, 2.05) is 30.3 Å². The maximum atomic E-state index is 13.2. The summed E-state index contributed by atoms with van der Waals surface area (Å²) in [4.78, 5) is 24.9. The predicted octanol–water partition coefficient (Wildman–Crippen LogP) is 3.60. The van der Waals surface area contributed by atoms with Gasteiger partial charge in [-0.3, -0.25) is 9.59 Å². The molecule has 0 unspecified atom stereocenters. The van der Waals surface area contributed by atoms with Gasteiger partial charge in [0.25, 0.3) is 5.91 Å². The number of amides is 2. The van der Waals surface area contributed by atoms with Crippen molar-refractivity contribution < 1.29 is 22.7 Å². The summed E-state index contributed by atoms with van der Waals surface area (Å²) in [6.45, 7) is 2.22. The first-order valence-corrected chi connectivity index (χ1v) is 12.7. The van der Waals surface area contributed by atoms with Gasteiger partial charge in [-0.1, -0.05) is 30.3 Å². The molecule has 3 aromatic carbocycles. The zero-order valence-electron chi connectivity index (χ0n) is 18.7. The molecular formula is C25H25N3O5S. The van der Waals surface area contributed by atoms with Gasteiger partial charge in [0.2, 0.25) is 15.9 Å². The van der Waals surface area contributed by atoms with Gasteiger partial charge in [0.05, 0.1) is 10.6 Å². The highest BCUT2D eigenvalue weighted by Gasteiger charge is 2.32. The van der Waals surface area contributed by atoms with Crippen LogP contribution in [0.25, 0.3) is 10.8 Å². The Morgan fingerprint density at radius 1 is 1.03 bits per heavy atom. The second kappa shape index (κ2) is 8.73. The van der Waals surface area contributed by atoms with Crippen molar-refractivity contribution in [3.05, 3.63) is 60.7 Å². The van der Waals surface area contributed by atoms with Crippen LogP contribution in [0.1, 0.15) is 19.8 Å². The minimum atomic E-state index is -3.63. The monoisotopic (exact) mass is 479 g/mol. The second-order valence-electron chi connectivity index (χ2n) is 8.64. The lowest BCUT2D eigenvalue weighted by Crippen LogP contribution is -2.41. The van der Waals surface area contributed by atoms with E-state index >= 15 is 0 Å². The highest BCUT2D eigenvalue weighted by Crippen LogP contribution is 2.33.